The Labute approximate surface area is 103 Å². The van der Waals surface area contributed by atoms with Gasteiger partial charge in [0.2, 0.25) is 0 Å². The highest BCUT2D eigenvalue weighted by Crippen LogP contribution is 2.37. The fourth-order valence-electron chi connectivity index (χ4n) is 1.73. The van der Waals surface area contributed by atoms with E-state index in [9.17, 15) is 10.2 Å². The summed E-state index contributed by atoms with van der Waals surface area (Å²) in [6, 6.07) is 5.57. The first-order valence-electron chi connectivity index (χ1n) is 5.81. The first-order chi connectivity index (χ1) is 7.80. The van der Waals surface area contributed by atoms with E-state index in [1.807, 2.05) is 39.0 Å². The maximum Gasteiger partial charge on any atom is 0.121 e. The molecule has 0 aliphatic heterocycles. The second-order valence-electron chi connectivity index (χ2n) is 5.13. The molecule has 0 aromatic heterocycles. The van der Waals surface area contributed by atoms with Crippen molar-refractivity contribution in [2.45, 2.75) is 39.9 Å². The number of hydrogen-bond acceptors (Lipinski definition) is 3. The number of ether oxygens (including phenoxy) is 1. The number of benzene rings is 1. The van der Waals surface area contributed by atoms with E-state index in [-0.39, 0.29) is 0 Å². The van der Waals surface area contributed by atoms with E-state index < -0.39 is 17.6 Å². The Hall–Kier alpha value is -1.06. The lowest BCUT2D eigenvalue weighted by Crippen LogP contribution is -2.33. The zero-order valence-electron chi connectivity index (χ0n) is 11.2. The molecule has 1 rings (SSSR count). The highest BCUT2D eigenvalue weighted by molar-refractivity contribution is 5.37. The maximum atomic E-state index is 10.3. The number of aliphatic hydroxyl groups excluding tert-OH is 2. The molecule has 0 saturated heterocycles. The van der Waals surface area contributed by atoms with Crippen LogP contribution in [0.2, 0.25) is 0 Å². The second kappa shape index (κ2) is 5.07. The van der Waals surface area contributed by atoms with Crippen LogP contribution in [-0.4, -0.2) is 23.4 Å². The minimum atomic E-state index is -0.702. The van der Waals surface area contributed by atoms with E-state index in [0.717, 1.165) is 16.9 Å². The van der Waals surface area contributed by atoms with Crippen molar-refractivity contribution in [3.8, 4) is 5.75 Å². The van der Waals surface area contributed by atoms with Crippen LogP contribution in [-0.2, 0) is 0 Å². The van der Waals surface area contributed by atoms with E-state index in [0.29, 0.717) is 0 Å². The largest absolute Gasteiger partial charge is 0.496 e. The van der Waals surface area contributed by atoms with Crippen LogP contribution in [0.5, 0.6) is 5.75 Å². The fourth-order valence-corrected chi connectivity index (χ4v) is 1.73. The van der Waals surface area contributed by atoms with Crippen LogP contribution in [0.15, 0.2) is 18.2 Å². The molecule has 3 nitrogen and oxygen atoms in total. The molecule has 3 heteroatoms. The first kappa shape index (κ1) is 14.0. The lowest BCUT2D eigenvalue weighted by Gasteiger charge is -2.33. The monoisotopic (exact) mass is 238 g/mol. The Morgan fingerprint density at radius 3 is 2.24 bits per heavy atom. The third-order valence-electron chi connectivity index (χ3n) is 3.52. The van der Waals surface area contributed by atoms with Crippen LogP contribution in [0.1, 0.15) is 38.0 Å². The molecule has 1 aromatic rings. The van der Waals surface area contributed by atoms with Crippen LogP contribution in [0.4, 0.5) is 0 Å². The highest BCUT2D eigenvalue weighted by atomic mass is 16.5. The van der Waals surface area contributed by atoms with Gasteiger partial charge in [0.25, 0.3) is 0 Å². The fraction of sp³-hybridized carbons (Fsp3) is 0.571. The van der Waals surface area contributed by atoms with Gasteiger partial charge in [0.05, 0.1) is 19.3 Å². The van der Waals surface area contributed by atoms with Crippen molar-refractivity contribution < 1.29 is 14.9 Å². The van der Waals surface area contributed by atoms with Crippen LogP contribution in [0, 0.1) is 12.3 Å². The average Bonchev–Trinajstić information content (AvgIpc) is 2.27. The van der Waals surface area contributed by atoms with Crippen molar-refractivity contribution in [2.24, 2.45) is 5.41 Å². The van der Waals surface area contributed by atoms with Gasteiger partial charge in [-0.15, -0.1) is 0 Å². The van der Waals surface area contributed by atoms with Crippen LogP contribution in [0.3, 0.4) is 0 Å². The Bertz CT molecular complexity index is 383. The predicted octanol–water partition coefficient (Wildman–Crippen LogP) is 2.44. The molecule has 96 valence electrons. The molecule has 0 saturated carbocycles. The van der Waals surface area contributed by atoms with Gasteiger partial charge in [-0.1, -0.05) is 19.9 Å². The van der Waals surface area contributed by atoms with E-state index in [1.165, 1.54) is 0 Å². The molecule has 0 heterocycles. The lowest BCUT2D eigenvalue weighted by atomic mass is 9.78. The summed E-state index contributed by atoms with van der Waals surface area (Å²) in [6.45, 7) is 7.33. The SMILES string of the molecule is COc1ccc(C(O)C(C)(C)C(C)O)cc1C. The molecule has 0 aliphatic rings. The summed E-state index contributed by atoms with van der Waals surface area (Å²) in [4.78, 5) is 0. The van der Waals surface area contributed by atoms with E-state index in [4.69, 9.17) is 4.74 Å². The van der Waals surface area contributed by atoms with Crippen molar-refractivity contribution in [3.63, 3.8) is 0 Å². The number of rotatable bonds is 4. The molecule has 0 spiro atoms. The van der Waals surface area contributed by atoms with Gasteiger partial charge in [-0.05, 0) is 37.1 Å². The van der Waals surface area contributed by atoms with Crippen molar-refractivity contribution in [1.29, 1.82) is 0 Å². The van der Waals surface area contributed by atoms with Gasteiger partial charge in [0.1, 0.15) is 5.75 Å². The van der Waals surface area contributed by atoms with Gasteiger partial charge < -0.3 is 14.9 Å². The van der Waals surface area contributed by atoms with Crippen molar-refractivity contribution in [3.05, 3.63) is 29.3 Å². The standard InChI is InChI=1S/C14H22O3/c1-9-8-11(6-7-12(9)17-5)13(16)14(3,4)10(2)15/h6-8,10,13,15-16H,1-5H3. The topological polar surface area (TPSA) is 49.7 Å². The summed E-state index contributed by atoms with van der Waals surface area (Å²) < 4.78 is 5.18. The summed E-state index contributed by atoms with van der Waals surface area (Å²) in [5.41, 5.74) is 1.20. The number of aryl methyl sites for hydroxylation is 1. The molecule has 2 atom stereocenters. The molecular formula is C14H22O3. The third-order valence-corrected chi connectivity index (χ3v) is 3.52. The smallest absolute Gasteiger partial charge is 0.121 e. The number of methoxy groups -OCH3 is 1. The summed E-state index contributed by atoms with van der Waals surface area (Å²) in [5, 5.41) is 20.0. The Balaban J connectivity index is 3.05. The highest BCUT2D eigenvalue weighted by Gasteiger charge is 2.33. The molecule has 0 bridgehead atoms. The molecule has 0 fully saturated rings. The van der Waals surface area contributed by atoms with Crippen LogP contribution >= 0.6 is 0 Å². The van der Waals surface area contributed by atoms with E-state index in [2.05, 4.69) is 0 Å². The average molecular weight is 238 g/mol. The quantitative estimate of drug-likeness (QED) is 0.847. The van der Waals surface area contributed by atoms with Gasteiger partial charge in [-0.25, -0.2) is 0 Å². The van der Waals surface area contributed by atoms with E-state index >= 15 is 0 Å². The Kier molecular flexibility index (Phi) is 4.17. The normalized spacial score (nSPS) is 15.5. The molecule has 0 radical (unpaired) electrons. The minimum absolute atomic E-state index is 0.582. The van der Waals surface area contributed by atoms with Crippen molar-refractivity contribution >= 4 is 0 Å². The zero-order valence-corrected chi connectivity index (χ0v) is 11.2. The molecule has 0 amide bonds. The van der Waals surface area contributed by atoms with Gasteiger partial charge in [0, 0.05) is 5.41 Å². The molecular weight excluding hydrogens is 216 g/mol. The summed E-state index contributed by atoms with van der Waals surface area (Å²) >= 11 is 0. The van der Waals surface area contributed by atoms with E-state index in [1.54, 1.807) is 14.0 Å². The molecule has 2 unspecified atom stereocenters. The second-order valence-corrected chi connectivity index (χ2v) is 5.13. The first-order valence-corrected chi connectivity index (χ1v) is 5.81. The Morgan fingerprint density at radius 1 is 1.24 bits per heavy atom. The summed E-state index contributed by atoms with van der Waals surface area (Å²) in [7, 11) is 1.62. The third kappa shape index (κ3) is 2.79. The summed E-state index contributed by atoms with van der Waals surface area (Å²) in [6.07, 6.45) is -1.29. The molecule has 0 aliphatic carbocycles. The van der Waals surface area contributed by atoms with Crippen LogP contribution in [0.25, 0.3) is 0 Å². The summed E-state index contributed by atoms with van der Waals surface area (Å²) in [5.74, 6) is 0.802. The molecule has 17 heavy (non-hydrogen) atoms. The van der Waals surface area contributed by atoms with Gasteiger partial charge in [-0.3, -0.25) is 0 Å². The Morgan fingerprint density at radius 2 is 1.82 bits per heavy atom. The zero-order chi connectivity index (χ0) is 13.2. The number of aliphatic hydroxyl groups is 2. The van der Waals surface area contributed by atoms with Gasteiger partial charge in [-0.2, -0.15) is 0 Å². The molecule has 2 N–H and O–H groups in total. The lowest BCUT2D eigenvalue weighted by molar-refractivity contribution is -0.0403. The van der Waals surface area contributed by atoms with Gasteiger partial charge >= 0.3 is 0 Å². The minimum Gasteiger partial charge on any atom is -0.496 e. The van der Waals surface area contributed by atoms with Crippen LogP contribution < -0.4 is 4.74 Å². The van der Waals surface area contributed by atoms with Gasteiger partial charge in [0.15, 0.2) is 0 Å². The predicted molar refractivity (Wildman–Crippen MR) is 68.2 cm³/mol. The van der Waals surface area contributed by atoms with Crippen molar-refractivity contribution in [2.75, 3.05) is 7.11 Å². The number of hydrogen-bond donors (Lipinski definition) is 2. The molecule has 1 aromatic carbocycles. The maximum absolute atomic E-state index is 10.3. The van der Waals surface area contributed by atoms with Crippen molar-refractivity contribution in [1.82, 2.24) is 0 Å².